The zero-order valence-corrected chi connectivity index (χ0v) is 14.9. The lowest BCUT2D eigenvalue weighted by molar-refractivity contribution is 0.268. The van der Waals surface area contributed by atoms with Crippen molar-refractivity contribution in [3.8, 4) is 0 Å². The maximum atomic E-state index is 13.0. The largest absolute Gasteiger partial charge is 0.330 e. The number of sulfone groups is 1. The summed E-state index contributed by atoms with van der Waals surface area (Å²) in [7, 11) is -3.33. The number of rotatable bonds is 5. The van der Waals surface area contributed by atoms with Crippen molar-refractivity contribution in [3.63, 3.8) is 0 Å². The van der Waals surface area contributed by atoms with Crippen LogP contribution in [0.25, 0.3) is 0 Å². The minimum Gasteiger partial charge on any atom is -0.330 e. The Morgan fingerprint density at radius 2 is 2.00 bits per heavy atom. The van der Waals surface area contributed by atoms with E-state index in [1.165, 1.54) is 0 Å². The lowest BCUT2D eigenvalue weighted by atomic mass is 9.80. The highest BCUT2D eigenvalue weighted by Crippen LogP contribution is 2.39. The second-order valence-electron chi connectivity index (χ2n) is 5.98. The van der Waals surface area contributed by atoms with Crippen LogP contribution in [-0.4, -0.2) is 20.2 Å². The standard InChI is InChI=1S/C16H24BrNO2S/c1-2-5-12-8-9-13(11-18)16(10-12)21(19,20)15-7-4-3-6-14(15)17/h3-4,6-7,12-13,16H,2,5,8-11,18H2,1H3. The molecule has 1 aromatic rings. The third kappa shape index (κ3) is 3.69. The summed E-state index contributed by atoms with van der Waals surface area (Å²) in [6, 6.07) is 7.10. The van der Waals surface area contributed by atoms with Crippen LogP contribution in [0.5, 0.6) is 0 Å². The molecule has 1 aliphatic rings. The molecule has 5 heteroatoms. The summed E-state index contributed by atoms with van der Waals surface area (Å²) < 4.78 is 26.7. The quantitative estimate of drug-likeness (QED) is 0.854. The SMILES string of the molecule is CCCC1CCC(CN)C(S(=O)(=O)c2ccccc2Br)C1. The van der Waals surface area contributed by atoms with Crippen LogP contribution in [-0.2, 0) is 9.84 Å². The molecule has 0 spiro atoms. The van der Waals surface area contributed by atoms with Gasteiger partial charge in [-0.15, -0.1) is 0 Å². The van der Waals surface area contributed by atoms with Gasteiger partial charge in [0, 0.05) is 4.47 Å². The molecule has 0 bridgehead atoms. The molecule has 3 nitrogen and oxygen atoms in total. The predicted molar refractivity (Wildman–Crippen MR) is 89.9 cm³/mol. The van der Waals surface area contributed by atoms with E-state index in [9.17, 15) is 8.42 Å². The highest BCUT2D eigenvalue weighted by Gasteiger charge is 2.39. The van der Waals surface area contributed by atoms with Crippen molar-refractivity contribution < 1.29 is 8.42 Å². The number of halogens is 1. The highest BCUT2D eigenvalue weighted by molar-refractivity contribution is 9.10. The summed E-state index contributed by atoms with van der Waals surface area (Å²) in [6.45, 7) is 2.61. The lowest BCUT2D eigenvalue weighted by Crippen LogP contribution is -2.40. The van der Waals surface area contributed by atoms with Crippen LogP contribution in [0.1, 0.15) is 39.0 Å². The van der Waals surface area contributed by atoms with E-state index in [0.717, 1.165) is 32.1 Å². The van der Waals surface area contributed by atoms with Crippen molar-refractivity contribution in [1.82, 2.24) is 0 Å². The van der Waals surface area contributed by atoms with E-state index in [0.29, 0.717) is 21.8 Å². The first-order chi connectivity index (χ1) is 10.0. The Morgan fingerprint density at radius 1 is 1.29 bits per heavy atom. The molecule has 3 unspecified atom stereocenters. The summed E-state index contributed by atoms with van der Waals surface area (Å²) in [5, 5.41) is -0.341. The van der Waals surface area contributed by atoms with Gasteiger partial charge >= 0.3 is 0 Å². The van der Waals surface area contributed by atoms with Crippen LogP contribution in [0.2, 0.25) is 0 Å². The summed E-state index contributed by atoms with van der Waals surface area (Å²) >= 11 is 3.38. The molecule has 118 valence electrons. The summed E-state index contributed by atoms with van der Waals surface area (Å²) in [5.74, 6) is 0.593. The van der Waals surface area contributed by atoms with Crippen LogP contribution in [0.15, 0.2) is 33.6 Å². The Labute approximate surface area is 136 Å². The maximum absolute atomic E-state index is 13.0. The fraction of sp³-hybridized carbons (Fsp3) is 0.625. The van der Waals surface area contributed by atoms with Crippen LogP contribution in [0.3, 0.4) is 0 Å². The zero-order chi connectivity index (χ0) is 15.5. The Kier molecular flexibility index (Phi) is 5.86. The second kappa shape index (κ2) is 7.25. The lowest BCUT2D eigenvalue weighted by Gasteiger charge is -2.35. The molecule has 0 aliphatic heterocycles. The van der Waals surface area contributed by atoms with Crippen molar-refractivity contribution in [2.45, 2.75) is 49.2 Å². The Balaban J connectivity index is 2.33. The smallest absolute Gasteiger partial charge is 0.182 e. The van der Waals surface area contributed by atoms with E-state index in [-0.39, 0.29) is 11.2 Å². The van der Waals surface area contributed by atoms with Gasteiger partial charge in [-0.25, -0.2) is 8.42 Å². The normalized spacial score (nSPS) is 26.7. The zero-order valence-electron chi connectivity index (χ0n) is 12.5. The van der Waals surface area contributed by atoms with Gasteiger partial charge in [0.25, 0.3) is 0 Å². The Bertz CT molecular complexity index is 573. The highest BCUT2D eigenvalue weighted by atomic mass is 79.9. The van der Waals surface area contributed by atoms with Crippen molar-refractivity contribution in [3.05, 3.63) is 28.7 Å². The second-order valence-corrected chi connectivity index (χ2v) is 8.97. The van der Waals surface area contributed by atoms with Crippen LogP contribution in [0, 0.1) is 11.8 Å². The number of hydrogen-bond donors (Lipinski definition) is 1. The first-order valence-corrected chi connectivity index (χ1v) is 10.0. The first kappa shape index (κ1) is 17.0. The molecule has 0 aromatic heterocycles. The van der Waals surface area contributed by atoms with Gasteiger partial charge in [-0.3, -0.25) is 0 Å². The van der Waals surface area contributed by atoms with Crippen LogP contribution >= 0.6 is 15.9 Å². The molecule has 0 heterocycles. The molecule has 2 N–H and O–H groups in total. The van der Waals surface area contributed by atoms with Gasteiger partial charge in [0.2, 0.25) is 0 Å². The molecule has 0 amide bonds. The minimum absolute atomic E-state index is 0.0789. The number of hydrogen-bond acceptors (Lipinski definition) is 3. The molecule has 0 saturated heterocycles. The van der Waals surface area contributed by atoms with E-state index >= 15 is 0 Å². The van der Waals surface area contributed by atoms with E-state index in [2.05, 4.69) is 22.9 Å². The fourth-order valence-electron chi connectivity index (χ4n) is 3.43. The van der Waals surface area contributed by atoms with Crippen molar-refractivity contribution in [1.29, 1.82) is 0 Å². The summed E-state index contributed by atoms with van der Waals surface area (Å²) in [4.78, 5) is 0.408. The Morgan fingerprint density at radius 3 is 2.62 bits per heavy atom. The van der Waals surface area contributed by atoms with Crippen molar-refractivity contribution in [2.24, 2.45) is 17.6 Å². The molecule has 21 heavy (non-hydrogen) atoms. The Hall–Kier alpha value is -0.390. The minimum atomic E-state index is -3.33. The van der Waals surface area contributed by atoms with Gasteiger partial charge in [-0.1, -0.05) is 38.3 Å². The average Bonchev–Trinajstić information content (AvgIpc) is 2.48. The summed E-state index contributed by atoms with van der Waals surface area (Å²) in [6.07, 6.45) is 5.01. The maximum Gasteiger partial charge on any atom is 0.182 e. The van der Waals surface area contributed by atoms with E-state index in [1.807, 2.05) is 6.07 Å². The molecule has 1 fully saturated rings. The van der Waals surface area contributed by atoms with Gasteiger partial charge in [-0.05, 0) is 59.3 Å². The average molecular weight is 374 g/mol. The van der Waals surface area contributed by atoms with Gasteiger partial charge < -0.3 is 5.73 Å². The van der Waals surface area contributed by atoms with Gasteiger partial charge in [-0.2, -0.15) is 0 Å². The predicted octanol–water partition coefficient (Wildman–Crippen LogP) is 3.77. The van der Waals surface area contributed by atoms with E-state index in [4.69, 9.17) is 5.73 Å². The van der Waals surface area contributed by atoms with E-state index in [1.54, 1.807) is 18.2 Å². The molecule has 1 aromatic carbocycles. The van der Waals surface area contributed by atoms with Crippen molar-refractivity contribution >= 4 is 25.8 Å². The van der Waals surface area contributed by atoms with E-state index < -0.39 is 9.84 Å². The first-order valence-electron chi connectivity index (χ1n) is 7.69. The van der Waals surface area contributed by atoms with Crippen molar-refractivity contribution in [2.75, 3.05) is 6.54 Å². The van der Waals surface area contributed by atoms with Gasteiger partial charge in [0.1, 0.15) is 0 Å². The third-order valence-corrected chi connectivity index (χ3v) is 7.88. The number of benzene rings is 1. The molecule has 3 atom stereocenters. The molecule has 0 radical (unpaired) electrons. The summed E-state index contributed by atoms with van der Waals surface area (Å²) in [5.41, 5.74) is 5.85. The third-order valence-electron chi connectivity index (χ3n) is 4.58. The molecule has 1 saturated carbocycles. The molecular formula is C16H24BrNO2S. The number of nitrogens with two attached hydrogens (primary N) is 1. The van der Waals surface area contributed by atoms with Gasteiger partial charge in [0.05, 0.1) is 10.1 Å². The monoisotopic (exact) mass is 373 g/mol. The fourth-order valence-corrected chi connectivity index (χ4v) is 6.61. The van der Waals surface area contributed by atoms with Crippen LogP contribution in [0.4, 0.5) is 0 Å². The van der Waals surface area contributed by atoms with Gasteiger partial charge in [0.15, 0.2) is 9.84 Å². The topological polar surface area (TPSA) is 60.2 Å². The van der Waals surface area contributed by atoms with Crippen LogP contribution < -0.4 is 5.73 Å². The molecular weight excluding hydrogens is 350 g/mol. The molecule has 2 rings (SSSR count). The molecule has 1 aliphatic carbocycles.